The molecule has 3 rings (SSSR count). The third-order valence-electron chi connectivity index (χ3n) is 3.97. The van der Waals surface area contributed by atoms with E-state index < -0.39 is 0 Å². The molecule has 134 valence electrons. The minimum Gasteiger partial charge on any atom is -0.352 e. The summed E-state index contributed by atoms with van der Waals surface area (Å²) in [7, 11) is 0. The number of halogens is 1. The average molecular weight is 360 g/mol. The average Bonchev–Trinajstić information content (AvgIpc) is 2.70. The van der Waals surface area contributed by atoms with E-state index in [1.165, 1.54) is 12.3 Å². The first kappa shape index (κ1) is 18.1. The Morgan fingerprint density at radius 2 is 1.89 bits per heavy atom. The van der Waals surface area contributed by atoms with Crippen LogP contribution in [-0.4, -0.2) is 17.4 Å². The molecule has 0 aliphatic carbocycles. The van der Waals surface area contributed by atoms with Crippen molar-refractivity contribution in [2.75, 3.05) is 11.9 Å². The van der Waals surface area contributed by atoms with Crippen molar-refractivity contribution >= 4 is 17.4 Å². The van der Waals surface area contributed by atoms with Crippen molar-refractivity contribution in [1.82, 2.24) is 10.3 Å². The van der Waals surface area contributed by atoms with Gasteiger partial charge in [-0.3, -0.25) is 4.79 Å². The molecular formula is C21H17FN4O. The van der Waals surface area contributed by atoms with Crippen molar-refractivity contribution in [2.24, 2.45) is 0 Å². The molecule has 0 fully saturated rings. The Hall–Kier alpha value is -3.72. The maximum absolute atomic E-state index is 13.6. The second kappa shape index (κ2) is 8.59. The van der Waals surface area contributed by atoms with E-state index in [-0.39, 0.29) is 11.7 Å². The molecule has 2 aromatic carbocycles. The van der Waals surface area contributed by atoms with Crippen molar-refractivity contribution in [3.05, 3.63) is 89.4 Å². The SMILES string of the molecule is N#Cc1ccccc1Nc1cc(C(=O)NCCc2ccccc2F)ccn1. The summed E-state index contributed by atoms with van der Waals surface area (Å²) in [5.41, 5.74) is 2.09. The molecule has 2 N–H and O–H groups in total. The highest BCUT2D eigenvalue weighted by Gasteiger charge is 2.09. The van der Waals surface area contributed by atoms with Gasteiger partial charge in [0.05, 0.1) is 11.3 Å². The topological polar surface area (TPSA) is 77.8 Å². The van der Waals surface area contributed by atoms with Crippen LogP contribution in [0.4, 0.5) is 15.9 Å². The molecule has 6 heteroatoms. The summed E-state index contributed by atoms with van der Waals surface area (Å²) in [6, 6.07) is 18.8. The van der Waals surface area contributed by atoms with E-state index in [4.69, 9.17) is 5.26 Å². The summed E-state index contributed by atoms with van der Waals surface area (Å²) in [4.78, 5) is 16.5. The maximum Gasteiger partial charge on any atom is 0.251 e. The lowest BCUT2D eigenvalue weighted by molar-refractivity contribution is 0.0954. The minimum absolute atomic E-state index is 0.273. The van der Waals surface area contributed by atoms with Crippen LogP contribution in [0.1, 0.15) is 21.5 Å². The number of nitrogens with zero attached hydrogens (tertiary/aromatic N) is 2. The number of nitrogens with one attached hydrogen (secondary N) is 2. The van der Waals surface area contributed by atoms with E-state index in [1.807, 2.05) is 6.07 Å². The highest BCUT2D eigenvalue weighted by atomic mass is 19.1. The first-order valence-electron chi connectivity index (χ1n) is 8.41. The molecule has 1 amide bonds. The van der Waals surface area contributed by atoms with Crippen LogP contribution in [0, 0.1) is 17.1 Å². The standard InChI is InChI=1S/C21H17FN4O/c22-18-7-3-1-5-15(18)9-12-25-21(27)16-10-11-24-20(13-16)26-19-8-4-2-6-17(19)14-23/h1-8,10-11,13H,9,12H2,(H,24,26)(H,25,27). The Bertz CT molecular complexity index is 997. The number of rotatable bonds is 6. The normalized spacial score (nSPS) is 10.1. The van der Waals surface area contributed by atoms with Gasteiger partial charge in [0, 0.05) is 18.3 Å². The quantitative estimate of drug-likeness (QED) is 0.701. The number of hydrogen-bond donors (Lipinski definition) is 2. The number of carbonyl (C=O) groups excluding carboxylic acids is 1. The second-order valence-electron chi connectivity index (χ2n) is 5.81. The predicted molar refractivity (Wildman–Crippen MR) is 101 cm³/mol. The number of para-hydroxylation sites is 1. The van der Waals surface area contributed by atoms with Gasteiger partial charge in [0.2, 0.25) is 0 Å². The van der Waals surface area contributed by atoms with Crippen molar-refractivity contribution < 1.29 is 9.18 Å². The van der Waals surface area contributed by atoms with Crippen LogP contribution in [0.3, 0.4) is 0 Å². The van der Waals surface area contributed by atoms with E-state index in [0.717, 1.165) is 0 Å². The lowest BCUT2D eigenvalue weighted by Crippen LogP contribution is -2.26. The van der Waals surface area contributed by atoms with E-state index in [0.29, 0.717) is 41.2 Å². The summed E-state index contributed by atoms with van der Waals surface area (Å²) in [6.45, 7) is 0.322. The molecule has 0 bridgehead atoms. The molecule has 0 spiro atoms. The zero-order valence-electron chi connectivity index (χ0n) is 14.4. The first-order valence-corrected chi connectivity index (χ1v) is 8.41. The van der Waals surface area contributed by atoms with Crippen molar-refractivity contribution in [1.29, 1.82) is 5.26 Å². The number of amides is 1. The smallest absolute Gasteiger partial charge is 0.251 e. The molecule has 0 aliphatic rings. The van der Waals surface area contributed by atoms with Crippen molar-refractivity contribution in [2.45, 2.75) is 6.42 Å². The fourth-order valence-corrected chi connectivity index (χ4v) is 2.58. The second-order valence-corrected chi connectivity index (χ2v) is 5.81. The van der Waals surface area contributed by atoms with E-state index in [2.05, 4.69) is 21.7 Å². The van der Waals surface area contributed by atoms with Gasteiger partial charge in [0.15, 0.2) is 0 Å². The van der Waals surface area contributed by atoms with Gasteiger partial charge in [0.1, 0.15) is 17.7 Å². The molecule has 0 aliphatic heterocycles. The first-order chi connectivity index (χ1) is 13.2. The Kier molecular flexibility index (Phi) is 5.75. The van der Waals surface area contributed by atoms with E-state index in [1.54, 1.807) is 48.5 Å². The third-order valence-corrected chi connectivity index (χ3v) is 3.97. The molecule has 1 heterocycles. The van der Waals surface area contributed by atoms with E-state index in [9.17, 15) is 9.18 Å². The molecule has 0 unspecified atom stereocenters. The molecule has 5 nitrogen and oxygen atoms in total. The fraction of sp³-hybridized carbons (Fsp3) is 0.0952. The maximum atomic E-state index is 13.6. The van der Waals surface area contributed by atoms with Gasteiger partial charge in [-0.15, -0.1) is 0 Å². The van der Waals surface area contributed by atoms with Crippen LogP contribution in [0.5, 0.6) is 0 Å². The summed E-state index contributed by atoms with van der Waals surface area (Å²) >= 11 is 0. The number of aromatic nitrogens is 1. The Morgan fingerprint density at radius 3 is 2.70 bits per heavy atom. The Morgan fingerprint density at radius 1 is 1.11 bits per heavy atom. The van der Waals surface area contributed by atoms with Crippen molar-refractivity contribution in [3.63, 3.8) is 0 Å². The monoisotopic (exact) mass is 360 g/mol. The Labute approximate surface area is 156 Å². The van der Waals surface area contributed by atoms with Gasteiger partial charge in [-0.25, -0.2) is 9.37 Å². The number of hydrogen-bond acceptors (Lipinski definition) is 4. The van der Waals surface area contributed by atoms with Crippen LogP contribution >= 0.6 is 0 Å². The number of carbonyl (C=O) groups is 1. The van der Waals surface area contributed by atoms with Crippen molar-refractivity contribution in [3.8, 4) is 6.07 Å². The fourth-order valence-electron chi connectivity index (χ4n) is 2.58. The molecule has 1 aromatic heterocycles. The number of benzene rings is 2. The number of pyridine rings is 1. The summed E-state index contributed by atoms with van der Waals surface area (Å²) in [6.07, 6.45) is 1.92. The molecule has 0 saturated heterocycles. The Balaban J connectivity index is 1.63. The van der Waals surface area contributed by atoms with Crippen LogP contribution < -0.4 is 10.6 Å². The summed E-state index contributed by atoms with van der Waals surface area (Å²) in [5, 5.41) is 15.0. The van der Waals surface area contributed by atoms with Crippen LogP contribution in [-0.2, 0) is 6.42 Å². The lowest BCUT2D eigenvalue weighted by Gasteiger charge is -2.09. The lowest BCUT2D eigenvalue weighted by atomic mass is 10.1. The molecule has 0 saturated carbocycles. The van der Waals surface area contributed by atoms with Gasteiger partial charge in [-0.05, 0) is 42.3 Å². The number of anilines is 2. The van der Waals surface area contributed by atoms with Crippen LogP contribution in [0.2, 0.25) is 0 Å². The highest BCUT2D eigenvalue weighted by Crippen LogP contribution is 2.19. The largest absolute Gasteiger partial charge is 0.352 e. The van der Waals surface area contributed by atoms with E-state index >= 15 is 0 Å². The minimum atomic E-state index is -0.279. The molecule has 0 radical (unpaired) electrons. The molecule has 0 atom stereocenters. The zero-order chi connectivity index (χ0) is 19.1. The molecule has 3 aromatic rings. The van der Waals surface area contributed by atoms with Gasteiger partial charge >= 0.3 is 0 Å². The van der Waals surface area contributed by atoms with Gasteiger partial charge < -0.3 is 10.6 Å². The molecule has 27 heavy (non-hydrogen) atoms. The third kappa shape index (κ3) is 4.67. The highest BCUT2D eigenvalue weighted by molar-refractivity contribution is 5.94. The zero-order valence-corrected chi connectivity index (χ0v) is 14.4. The van der Waals surface area contributed by atoms with Gasteiger partial charge in [-0.1, -0.05) is 30.3 Å². The predicted octanol–water partition coefficient (Wildman–Crippen LogP) is 3.81. The van der Waals surface area contributed by atoms with Gasteiger partial charge in [0.25, 0.3) is 5.91 Å². The summed E-state index contributed by atoms with van der Waals surface area (Å²) < 4.78 is 13.6. The van der Waals surface area contributed by atoms with Crippen LogP contribution in [0.25, 0.3) is 0 Å². The summed E-state index contributed by atoms with van der Waals surface area (Å²) in [5.74, 6) is -0.0943. The van der Waals surface area contributed by atoms with Crippen LogP contribution in [0.15, 0.2) is 66.9 Å². The molecular weight excluding hydrogens is 343 g/mol. The number of nitriles is 1. The van der Waals surface area contributed by atoms with Gasteiger partial charge in [-0.2, -0.15) is 5.26 Å².